The second-order valence-corrected chi connectivity index (χ2v) is 20.9. The average Bonchev–Trinajstić information content (AvgIpc) is 3.37. The minimum atomic E-state index is -4.76. The zero-order chi connectivity index (χ0) is 52.7. The third-order valence-corrected chi connectivity index (χ3v) is 13.4. The lowest BCUT2D eigenvalue weighted by atomic mass is 10.0. The van der Waals surface area contributed by atoms with Gasteiger partial charge in [0, 0.05) is 19.3 Å². The molecule has 3 atom stereocenters. The SMILES string of the molecule is CC/C=C\C/C=C\C/C=C\C/C=C\CCCCC(=O)OC(COC(=O)CCCCCCCCCCCCCCCCCCC)COP(=O)(O)OCC(CO)OC(=O)CCCCCCC/C=C\CCCCCC. The highest BCUT2D eigenvalue weighted by Crippen LogP contribution is 2.43. The van der Waals surface area contributed by atoms with Crippen LogP contribution in [-0.4, -0.2) is 66.5 Å². The fourth-order valence-corrected chi connectivity index (χ4v) is 8.77. The highest BCUT2D eigenvalue weighted by molar-refractivity contribution is 7.47. The average molecular weight is 1040 g/mol. The van der Waals surface area contributed by atoms with Gasteiger partial charge < -0.3 is 24.2 Å². The summed E-state index contributed by atoms with van der Waals surface area (Å²) in [5, 5.41) is 9.80. The summed E-state index contributed by atoms with van der Waals surface area (Å²) in [4.78, 5) is 48.5. The van der Waals surface area contributed by atoms with Gasteiger partial charge in [0.1, 0.15) is 12.7 Å². The number of phosphoric acid groups is 1. The van der Waals surface area contributed by atoms with Crippen molar-refractivity contribution in [1.29, 1.82) is 0 Å². The number of aliphatic hydroxyl groups is 1. The Morgan fingerprint density at radius 3 is 1.17 bits per heavy atom. The predicted octanol–water partition coefficient (Wildman–Crippen LogP) is 17.1. The molecule has 0 aliphatic carbocycles. The normalized spacial score (nSPS) is 13.8. The third kappa shape index (κ3) is 52.1. The summed E-state index contributed by atoms with van der Waals surface area (Å²) in [7, 11) is -4.76. The molecule has 0 bridgehead atoms. The molecule has 0 amide bonds. The molecule has 0 aromatic carbocycles. The van der Waals surface area contributed by atoms with Gasteiger partial charge in [0.15, 0.2) is 6.10 Å². The van der Waals surface area contributed by atoms with E-state index in [0.717, 1.165) is 96.3 Å². The van der Waals surface area contributed by atoms with Crippen molar-refractivity contribution in [2.45, 2.75) is 277 Å². The smallest absolute Gasteiger partial charge is 0.462 e. The number of ether oxygens (including phenoxy) is 3. The second-order valence-electron chi connectivity index (χ2n) is 19.4. The molecule has 0 aliphatic heterocycles. The molecule has 0 aromatic heterocycles. The lowest BCUT2D eigenvalue weighted by Gasteiger charge is -2.21. The number of phosphoric ester groups is 1. The Morgan fingerprint density at radius 1 is 0.403 bits per heavy atom. The maximum Gasteiger partial charge on any atom is 0.472 e. The van der Waals surface area contributed by atoms with Crippen LogP contribution < -0.4 is 0 Å². The number of carbonyl (C=O) groups excluding carboxylic acids is 3. The van der Waals surface area contributed by atoms with Crippen LogP contribution >= 0.6 is 7.82 Å². The Morgan fingerprint density at radius 2 is 0.722 bits per heavy atom. The number of allylic oxidation sites excluding steroid dienone is 10. The Kier molecular flexibility index (Phi) is 52.3. The van der Waals surface area contributed by atoms with Crippen molar-refractivity contribution in [2.24, 2.45) is 0 Å². The predicted molar refractivity (Wildman–Crippen MR) is 298 cm³/mol. The lowest BCUT2D eigenvalue weighted by molar-refractivity contribution is -0.161. The molecule has 0 spiro atoms. The summed E-state index contributed by atoms with van der Waals surface area (Å²) >= 11 is 0. The number of rotatable bonds is 54. The van der Waals surface area contributed by atoms with E-state index in [1.54, 1.807) is 0 Å². The summed E-state index contributed by atoms with van der Waals surface area (Å²) in [5.74, 6) is -1.51. The lowest BCUT2D eigenvalue weighted by Crippen LogP contribution is -2.30. The first-order valence-corrected chi connectivity index (χ1v) is 30.7. The van der Waals surface area contributed by atoms with Crippen LogP contribution in [0.2, 0.25) is 0 Å². The Balaban J connectivity index is 4.76. The van der Waals surface area contributed by atoms with E-state index in [2.05, 4.69) is 81.5 Å². The minimum absolute atomic E-state index is 0.116. The van der Waals surface area contributed by atoms with Gasteiger partial charge in [-0.3, -0.25) is 23.4 Å². The molecule has 0 aromatic rings. The molecule has 0 radical (unpaired) electrons. The molecular formula is C60H107O11P. The molecule has 0 fully saturated rings. The highest BCUT2D eigenvalue weighted by atomic mass is 31.2. The van der Waals surface area contributed by atoms with Gasteiger partial charge in [0.2, 0.25) is 0 Å². The standard InChI is InChI=1S/C60H107O11P/c1-4-7-10-13-16-19-22-25-27-28-30-32-34-37-40-43-46-49-58(62)67-53-57(71-60(64)51-48-45-42-39-36-33-29-26-23-20-17-14-11-8-5-2)55-69-72(65,66)68-54-56(52-61)70-59(63)50-47-44-41-38-35-31-24-21-18-15-12-9-6-3/h8,11,17,20-21,24,26,29,36,39,56-57,61H,4-7,9-10,12-16,18-19,22-23,25,27-28,30-35,37-38,40-55H2,1-3H3,(H,65,66)/b11-8-,20-17-,24-21-,29-26-,39-36-. The van der Waals surface area contributed by atoms with Gasteiger partial charge >= 0.3 is 25.7 Å². The van der Waals surface area contributed by atoms with Crippen molar-refractivity contribution in [3.05, 3.63) is 60.8 Å². The molecule has 0 aliphatic rings. The maximum absolute atomic E-state index is 12.9. The van der Waals surface area contributed by atoms with Crippen molar-refractivity contribution in [3.63, 3.8) is 0 Å². The van der Waals surface area contributed by atoms with E-state index in [-0.39, 0.29) is 25.9 Å². The molecule has 0 rings (SSSR count). The fourth-order valence-electron chi connectivity index (χ4n) is 7.99. The van der Waals surface area contributed by atoms with Crippen LogP contribution in [0.15, 0.2) is 60.8 Å². The number of hydrogen-bond acceptors (Lipinski definition) is 10. The number of esters is 3. The van der Waals surface area contributed by atoms with Crippen LogP contribution in [0, 0.1) is 0 Å². The van der Waals surface area contributed by atoms with Crippen LogP contribution in [0.5, 0.6) is 0 Å². The van der Waals surface area contributed by atoms with Crippen LogP contribution in [0.1, 0.15) is 265 Å². The van der Waals surface area contributed by atoms with E-state index < -0.39 is 57.8 Å². The first kappa shape index (κ1) is 69.2. The van der Waals surface area contributed by atoms with Crippen LogP contribution in [0.3, 0.4) is 0 Å². The van der Waals surface area contributed by atoms with Crippen LogP contribution in [-0.2, 0) is 42.2 Å². The van der Waals surface area contributed by atoms with E-state index in [1.165, 1.54) is 109 Å². The molecule has 11 nitrogen and oxygen atoms in total. The molecule has 72 heavy (non-hydrogen) atoms. The van der Waals surface area contributed by atoms with Crippen LogP contribution in [0.25, 0.3) is 0 Å². The number of hydrogen-bond donors (Lipinski definition) is 2. The van der Waals surface area contributed by atoms with E-state index >= 15 is 0 Å². The first-order chi connectivity index (χ1) is 35.2. The van der Waals surface area contributed by atoms with E-state index in [0.29, 0.717) is 19.3 Å². The summed E-state index contributed by atoms with van der Waals surface area (Å²) in [6.45, 7) is 4.48. The van der Waals surface area contributed by atoms with Gasteiger partial charge in [-0.2, -0.15) is 0 Å². The number of aliphatic hydroxyl groups excluding tert-OH is 1. The number of carbonyl (C=O) groups is 3. The summed E-state index contributed by atoms with van der Waals surface area (Å²) in [6, 6.07) is 0. The van der Waals surface area contributed by atoms with E-state index in [4.69, 9.17) is 23.3 Å². The Hall–Kier alpha value is -2.82. The zero-order valence-electron chi connectivity index (χ0n) is 46.1. The molecule has 0 saturated heterocycles. The molecule has 12 heteroatoms. The van der Waals surface area contributed by atoms with Crippen molar-refractivity contribution >= 4 is 25.7 Å². The molecule has 2 N–H and O–H groups in total. The minimum Gasteiger partial charge on any atom is -0.462 e. The van der Waals surface area contributed by atoms with Crippen molar-refractivity contribution in [3.8, 4) is 0 Å². The third-order valence-electron chi connectivity index (χ3n) is 12.4. The van der Waals surface area contributed by atoms with Crippen molar-refractivity contribution in [2.75, 3.05) is 26.4 Å². The van der Waals surface area contributed by atoms with E-state index in [9.17, 15) is 28.9 Å². The topological polar surface area (TPSA) is 155 Å². The van der Waals surface area contributed by atoms with Crippen LogP contribution in [0.4, 0.5) is 0 Å². The molecule has 3 unspecified atom stereocenters. The van der Waals surface area contributed by atoms with Gasteiger partial charge in [0.25, 0.3) is 0 Å². The molecule has 418 valence electrons. The first-order valence-electron chi connectivity index (χ1n) is 29.2. The van der Waals surface area contributed by atoms with Gasteiger partial charge in [-0.15, -0.1) is 0 Å². The fraction of sp³-hybridized carbons (Fsp3) is 0.783. The van der Waals surface area contributed by atoms with Gasteiger partial charge in [-0.25, -0.2) is 4.57 Å². The molecule has 0 saturated carbocycles. The monoisotopic (exact) mass is 1030 g/mol. The highest BCUT2D eigenvalue weighted by Gasteiger charge is 2.28. The molecule has 0 heterocycles. The molecular weight excluding hydrogens is 928 g/mol. The quantitative estimate of drug-likeness (QED) is 0.0197. The van der Waals surface area contributed by atoms with Gasteiger partial charge in [-0.05, 0) is 83.5 Å². The summed E-state index contributed by atoms with van der Waals surface area (Å²) < 4.78 is 39.5. The Bertz CT molecular complexity index is 1440. The largest absolute Gasteiger partial charge is 0.472 e. The maximum atomic E-state index is 12.9. The zero-order valence-corrected chi connectivity index (χ0v) is 47.0. The summed E-state index contributed by atoms with van der Waals surface area (Å²) in [5.41, 5.74) is 0. The number of unbranched alkanes of at least 4 members (excludes halogenated alkanes) is 27. The van der Waals surface area contributed by atoms with Gasteiger partial charge in [0.05, 0.1) is 19.8 Å². The Labute approximate surface area is 440 Å². The summed E-state index contributed by atoms with van der Waals surface area (Å²) in [6.07, 6.45) is 59.0. The van der Waals surface area contributed by atoms with Gasteiger partial charge in [-0.1, -0.05) is 223 Å². The van der Waals surface area contributed by atoms with Crippen molar-refractivity contribution in [1.82, 2.24) is 0 Å². The van der Waals surface area contributed by atoms with Crippen molar-refractivity contribution < 1.29 is 52.2 Å². The second kappa shape index (κ2) is 54.4. The van der Waals surface area contributed by atoms with E-state index in [1.807, 2.05) is 0 Å².